The number of benzene rings is 1. The summed E-state index contributed by atoms with van der Waals surface area (Å²) in [6.45, 7) is 9.19. The second-order valence-electron chi connectivity index (χ2n) is 5.40. The number of nitrogens with zero attached hydrogens (tertiary/aromatic N) is 2. The molecular formula is C18H24N2O3. The second kappa shape index (κ2) is 7.92. The lowest BCUT2D eigenvalue weighted by atomic mass is 10.1. The number of ether oxygens (including phenoxy) is 2. The van der Waals surface area contributed by atoms with Crippen LogP contribution in [0.2, 0.25) is 0 Å². The standard InChI is InChI=1S/C18H24N2O3/c1-5-20(6-2)7-8-23-18(21)15-10-14-9-13(3)17(22-4)11-16(14)19-12-15/h9-12H,5-8H2,1-4H3. The van der Waals surface area contributed by atoms with Crippen molar-refractivity contribution in [1.29, 1.82) is 0 Å². The Hall–Kier alpha value is -2.14. The minimum Gasteiger partial charge on any atom is -0.496 e. The van der Waals surface area contributed by atoms with Crippen LogP contribution in [-0.2, 0) is 4.74 Å². The summed E-state index contributed by atoms with van der Waals surface area (Å²) in [5, 5.41) is 0.904. The summed E-state index contributed by atoms with van der Waals surface area (Å²) in [6, 6.07) is 5.66. The average Bonchev–Trinajstić information content (AvgIpc) is 2.57. The Morgan fingerprint density at radius 2 is 1.96 bits per heavy atom. The molecule has 5 nitrogen and oxygen atoms in total. The van der Waals surface area contributed by atoms with Gasteiger partial charge < -0.3 is 14.4 Å². The fraction of sp³-hybridized carbons (Fsp3) is 0.444. The Morgan fingerprint density at radius 1 is 1.22 bits per heavy atom. The van der Waals surface area contributed by atoms with E-state index < -0.39 is 0 Å². The van der Waals surface area contributed by atoms with Crippen LogP contribution in [0, 0.1) is 6.92 Å². The first-order chi connectivity index (χ1) is 11.1. The van der Waals surface area contributed by atoms with Crippen LogP contribution in [0.25, 0.3) is 10.9 Å². The molecule has 23 heavy (non-hydrogen) atoms. The summed E-state index contributed by atoms with van der Waals surface area (Å²) in [5.74, 6) is 0.458. The Morgan fingerprint density at radius 3 is 2.61 bits per heavy atom. The number of esters is 1. The molecule has 0 aliphatic carbocycles. The number of aromatic nitrogens is 1. The van der Waals surface area contributed by atoms with Gasteiger partial charge in [0.2, 0.25) is 0 Å². The van der Waals surface area contributed by atoms with Gasteiger partial charge in [0.25, 0.3) is 0 Å². The maximum absolute atomic E-state index is 12.1. The fourth-order valence-corrected chi connectivity index (χ4v) is 2.49. The Balaban J connectivity index is 2.09. The third-order valence-corrected chi connectivity index (χ3v) is 3.97. The lowest BCUT2D eigenvalue weighted by molar-refractivity contribution is 0.0466. The number of carbonyl (C=O) groups is 1. The molecule has 0 fully saturated rings. The lowest BCUT2D eigenvalue weighted by Crippen LogP contribution is -2.27. The summed E-state index contributed by atoms with van der Waals surface area (Å²) in [5.41, 5.74) is 2.28. The van der Waals surface area contributed by atoms with Crippen molar-refractivity contribution in [2.45, 2.75) is 20.8 Å². The van der Waals surface area contributed by atoms with E-state index in [2.05, 4.69) is 23.7 Å². The molecule has 0 unspecified atom stereocenters. The molecule has 1 heterocycles. The topological polar surface area (TPSA) is 51.7 Å². The zero-order valence-electron chi connectivity index (χ0n) is 14.3. The van der Waals surface area contributed by atoms with Gasteiger partial charge in [-0.15, -0.1) is 0 Å². The van der Waals surface area contributed by atoms with Crippen LogP contribution in [0.3, 0.4) is 0 Å². The van der Waals surface area contributed by atoms with E-state index in [4.69, 9.17) is 9.47 Å². The van der Waals surface area contributed by atoms with E-state index in [0.717, 1.165) is 41.9 Å². The van der Waals surface area contributed by atoms with Gasteiger partial charge in [-0.3, -0.25) is 4.98 Å². The van der Waals surface area contributed by atoms with E-state index >= 15 is 0 Å². The predicted octanol–water partition coefficient (Wildman–Crippen LogP) is 3.05. The second-order valence-corrected chi connectivity index (χ2v) is 5.40. The smallest absolute Gasteiger partial charge is 0.339 e. The first kappa shape index (κ1) is 17.2. The highest BCUT2D eigenvalue weighted by molar-refractivity contribution is 5.94. The molecule has 0 aliphatic heterocycles. The van der Waals surface area contributed by atoms with Gasteiger partial charge in [0.15, 0.2) is 0 Å². The van der Waals surface area contributed by atoms with Gasteiger partial charge in [0.05, 0.1) is 18.2 Å². The fourth-order valence-electron chi connectivity index (χ4n) is 2.49. The number of rotatable bonds is 7. The van der Waals surface area contributed by atoms with Crippen LogP contribution in [0.5, 0.6) is 5.75 Å². The predicted molar refractivity (Wildman–Crippen MR) is 91.1 cm³/mol. The van der Waals surface area contributed by atoms with Crippen molar-refractivity contribution in [2.24, 2.45) is 0 Å². The first-order valence-corrected chi connectivity index (χ1v) is 7.92. The minimum absolute atomic E-state index is 0.333. The van der Waals surface area contributed by atoms with Gasteiger partial charge in [0, 0.05) is 24.2 Å². The molecule has 0 atom stereocenters. The SMILES string of the molecule is CCN(CC)CCOC(=O)c1cnc2cc(OC)c(C)cc2c1. The van der Waals surface area contributed by atoms with Crippen molar-refractivity contribution < 1.29 is 14.3 Å². The third-order valence-electron chi connectivity index (χ3n) is 3.97. The molecule has 0 radical (unpaired) electrons. The third kappa shape index (κ3) is 4.20. The zero-order valence-corrected chi connectivity index (χ0v) is 14.3. The number of hydrogen-bond donors (Lipinski definition) is 0. The van der Waals surface area contributed by atoms with Gasteiger partial charge in [-0.05, 0) is 37.7 Å². The normalized spacial score (nSPS) is 11.0. The van der Waals surface area contributed by atoms with Crippen LogP contribution < -0.4 is 4.74 Å². The highest BCUT2D eigenvalue weighted by Gasteiger charge is 2.11. The summed E-state index contributed by atoms with van der Waals surface area (Å²) in [4.78, 5) is 18.7. The number of hydrogen-bond acceptors (Lipinski definition) is 5. The summed E-state index contributed by atoms with van der Waals surface area (Å²) >= 11 is 0. The van der Waals surface area contributed by atoms with Gasteiger partial charge in [-0.2, -0.15) is 0 Å². The van der Waals surface area contributed by atoms with E-state index in [0.29, 0.717) is 12.2 Å². The quantitative estimate of drug-likeness (QED) is 0.735. The van der Waals surface area contributed by atoms with Crippen molar-refractivity contribution in [3.05, 3.63) is 35.5 Å². The van der Waals surface area contributed by atoms with E-state index in [9.17, 15) is 4.79 Å². The molecule has 0 saturated carbocycles. The van der Waals surface area contributed by atoms with E-state index in [1.165, 1.54) is 0 Å². The zero-order chi connectivity index (χ0) is 16.8. The molecule has 0 spiro atoms. The van der Waals surface area contributed by atoms with Crippen molar-refractivity contribution in [1.82, 2.24) is 9.88 Å². The number of fused-ring (bicyclic) bond motifs is 1. The van der Waals surface area contributed by atoms with Crippen LogP contribution >= 0.6 is 0 Å². The van der Waals surface area contributed by atoms with Crippen molar-refractivity contribution >= 4 is 16.9 Å². The van der Waals surface area contributed by atoms with Crippen molar-refractivity contribution in [3.8, 4) is 5.75 Å². The van der Waals surface area contributed by atoms with Gasteiger partial charge in [-0.25, -0.2) is 4.79 Å². The summed E-state index contributed by atoms with van der Waals surface area (Å²) in [6.07, 6.45) is 1.55. The van der Waals surface area contributed by atoms with E-state index in [1.807, 2.05) is 25.1 Å². The summed E-state index contributed by atoms with van der Waals surface area (Å²) < 4.78 is 10.6. The monoisotopic (exact) mass is 316 g/mol. The Labute approximate surface area is 137 Å². The lowest BCUT2D eigenvalue weighted by Gasteiger charge is -2.17. The molecule has 5 heteroatoms. The van der Waals surface area contributed by atoms with Crippen molar-refractivity contribution in [3.63, 3.8) is 0 Å². The van der Waals surface area contributed by atoms with Gasteiger partial charge >= 0.3 is 5.97 Å². The molecule has 0 bridgehead atoms. The average molecular weight is 316 g/mol. The highest BCUT2D eigenvalue weighted by atomic mass is 16.5. The number of likely N-dealkylation sites (N-methyl/N-ethyl adjacent to an activating group) is 1. The summed E-state index contributed by atoms with van der Waals surface area (Å²) in [7, 11) is 1.63. The first-order valence-electron chi connectivity index (χ1n) is 7.92. The van der Waals surface area contributed by atoms with Crippen LogP contribution in [-0.4, -0.2) is 49.2 Å². The maximum atomic E-state index is 12.1. The maximum Gasteiger partial charge on any atom is 0.339 e. The Bertz CT molecular complexity index is 681. The molecule has 0 amide bonds. The van der Waals surface area contributed by atoms with Gasteiger partial charge in [0.1, 0.15) is 12.4 Å². The molecule has 124 valence electrons. The molecule has 1 aromatic heterocycles. The van der Waals surface area contributed by atoms with E-state index in [-0.39, 0.29) is 5.97 Å². The molecule has 0 N–H and O–H groups in total. The Kier molecular flexibility index (Phi) is 5.93. The number of carbonyl (C=O) groups excluding carboxylic acids is 1. The molecular weight excluding hydrogens is 292 g/mol. The van der Waals surface area contributed by atoms with Crippen molar-refractivity contribution in [2.75, 3.05) is 33.4 Å². The molecule has 2 rings (SSSR count). The largest absolute Gasteiger partial charge is 0.496 e. The molecule has 0 aliphatic rings. The van der Waals surface area contributed by atoms with Gasteiger partial charge in [-0.1, -0.05) is 13.8 Å². The molecule has 1 aromatic carbocycles. The number of aryl methyl sites for hydroxylation is 1. The molecule has 2 aromatic rings. The molecule has 0 saturated heterocycles. The number of methoxy groups -OCH3 is 1. The van der Waals surface area contributed by atoms with E-state index in [1.54, 1.807) is 13.3 Å². The van der Waals surface area contributed by atoms with Crippen LogP contribution in [0.15, 0.2) is 24.4 Å². The minimum atomic E-state index is -0.333. The number of pyridine rings is 1. The van der Waals surface area contributed by atoms with Crippen LogP contribution in [0.1, 0.15) is 29.8 Å². The highest BCUT2D eigenvalue weighted by Crippen LogP contribution is 2.24. The van der Waals surface area contributed by atoms with Crippen LogP contribution in [0.4, 0.5) is 0 Å².